The van der Waals surface area contributed by atoms with Gasteiger partial charge in [0, 0.05) is 13.1 Å². The van der Waals surface area contributed by atoms with Crippen molar-refractivity contribution >= 4 is 11.8 Å². The molecule has 0 radical (unpaired) electrons. The molecule has 4 nitrogen and oxygen atoms in total. The van der Waals surface area contributed by atoms with Gasteiger partial charge in [0.05, 0.1) is 0 Å². The van der Waals surface area contributed by atoms with Crippen LogP contribution in [0, 0.1) is 0 Å². The summed E-state index contributed by atoms with van der Waals surface area (Å²) in [4.78, 5) is 22.2. The van der Waals surface area contributed by atoms with Gasteiger partial charge in [-0.3, -0.25) is 9.59 Å². The topological polar surface area (TPSA) is 58.2 Å². The smallest absolute Gasteiger partial charge is 0.351 e. The molecule has 0 saturated carbocycles. The van der Waals surface area contributed by atoms with E-state index in [4.69, 9.17) is 0 Å². The predicted molar refractivity (Wildman–Crippen MR) is 86.8 cm³/mol. The number of hydrogen-bond donors (Lipinski definition) is 2. The van der Waals surface area contributed by atoms with E-state index < -0.39 is 98.0 Å². The van der Waals surface area contributed by atoms with Crippen LogP contribution in [-0.4, -0.2) is 85.1 Å². The normalized spacial score (nSPS) is 15.1. The Morgan fingerprint density at radius 2 is 0.675 bits per heavy atom. The summed E-state index contributed by atoms with van der Waals surface area (Å²) in [6, 6.07) is 0. The number of alkyl halides is 20. The second-order valence-corrected chi connectivity index (χ2v) is 7.51. The predicted octanol–water partition coefficient (Wildman–Crippen LogP) is 5.61. The van der Waals surface area contributed by atoms with Crippen molar-refractivity contribution in [2.75, 3.05) is 13.1 Å². The van der Waals surface area contributed by atoms with E-state index in [0.29, 0.717) is 10.6 Å². The van der Waals surface area contributed by atoms with E-state index in [0.717, 1.165) is 0 Å². The summed E-state index contributed by atoms with van der Waals surface area (Å²) >= 11 is 0. The van der Waals surface area contributed by atoms with Gasteiger partial charge in [-0.2, -0.15) is 70.2 Å². The number of carbonyl (C=O) groups excluding carboxylic acids is 2. The zero-order valence-corrected chi connectivity index (χ0v) is 18.4. The van der Waals surface area contributed by atoms with Crippen LogP contribution in [0.3, 0.4) is 0 Å². The fraction of sp³-hybridized carbons (Fsp3) is 0.875. The van der Waals surface area contributed by atoms with E-state index in [1.807, 2.05) is 0 Å². The average Bonchev–Trinajstić information content (AvgIpc) is 2.79. The molecule has 0 rings (SSSR count). The van der Waals surface area contributed by atoms with Gasteiger partial charge in [-0.25, -0.2) is 17.6 Å². The van der Waals surface area contributed by atoms with E-state index in [2.05, 4.69) is 0 Å². The van der Waals surface area contributed by atoms with Crippen LogP contribution < -0.4 is 10.6 Å². The Labute approximate surface area is 207 Å². The highest BCUT2D eigenvalue weighted by Crippen LogP contribution is 2.55. The van der Waals surface area contributed by atoms with Crippen molar-refractivity contribution in [2.24, 2.45) is 0 Å². The Kier molecular flexibility index (Phi) is 10.7. The quantitative estimate of drug-likeness (QED) is 0.180. The third-order valence-electron chi connectivity index (χ3n) is 4.71. The highest BCUT2D eigenvalue weighted by atomic mass is 19.4. The molecule has 2 amide bonds. The molecule has 0 aliphatic carbocycles. The monoisotopic (exact) mass is 644 g/mol. The van der Waals surface area contributed by atoms with Gasteiger partial charge in [-0.15, -0.1) is 0 Å². The van der Waals surface area contributed by atoms with E-state index in [-0.39, 0.29) is 0 Å². The standard InChI is InChI=1S/C16H12F20N2O2/c17-5(18)9(21,22)13(29,30)15(33,34)11(25,26)7(39)37-3-1-2-4-38-8(40)12(27,28)16(35,36)14(31,32)10(23,24)6(19)20/h5-6H,1-4H2,(H,37,39)(H,38,40). The summed E-state index contributed by atoms with van der Waals surface area (Å²) in [6.45, 7) is -2.83. The maximum Gasteiger partial charge on any atom is 0.392 e. The lowest BCUT2D eigenvalue weighted by atomic mass is 9.98. The molecule has 0 aliphatic heterocycles. The Bertz CT molecular complexity index is 831. The van der Waals surface area contributed by atoms with Gasteiger partial charge in [0.1, 0.15) is 0 Å². The third kappa shape index (κ3) is 5.93. The van der Waals surface area contributed by atoms with Crippen LogP contribution in [0.1, 0.15) is 12.8 Å². The summed E-state index contributed by atoms with van der Waals surface area (Å²) < 4.78 is 258. The molecule has 0 spiro atoms. The maximum atomic E-state index is 13.4. The first kappa shape index (κ1) is 37.5. The van der Waals surface area contributed by atoms with Crippen molar-refractivity contribution < 1.29 is 97.4 Å². The van der Waals surface area contributed by atoms with Gasteiger partial charge in [0.25, 0.3) is 11.8 Å². The van der Waals surface area contributed by atoms with Crippen molar-refractivity contribution in [3.05, 3.63) is 0 Å². The van der Waals surface area contributed by atoms with Crippen LogP contribution in [0.2, 0.25) is 0 Å². The van der Waals surface area contributed by atoms with Crippen LogP contribution >= 0.6 is 0 Å². The van der Waals surface area contributed by atoms with Crippen LogP contribution in [0.4, 0.5) is 87.8 Å². The Balaban J connectivity index is 5.21. The molecule has 0 saturated heterocycles. The largest absolute Gasteiger partial charge is 0.392 e. The van der Waals surface area contributed by atoms with E-state index in [9.17, 15) is 97.4 Å². The van der Waals surface area contributed by atoms with Crippen molar-refractivity contribution in [3.8, 4) is 0 Å². The molecular weight excluding hydrogens is 632 g/mol. The Morgan fingerprint density at radius 1 is 0.450 bits per heavy atom. The molecule has 0 aromatic carbocycles. The van der Waals surface area contributed by atoms with Gasteiger partial charge in [-0.05, 0) is 12.8 Å². The molecule has 0 atom stereocenters. The molecule has 0 aliphatic rings. The van der Waals surface area contributed by atoms with E-state index in [1.54, 1.807) is 0 Å². The van der Waals surface area contributed by atoms with Gasteiger partial charge in [0.15, 0.2) is 0 Å². The lowest BCUT2D eigenvalue weighted by molar-refractivity contribution is -0.375. The fourth-order valence-corrected chi connectivity index (χ4v) is 2.25. The van der Waals surface area contributed by atoms with Gasteiger partial charge < -0.3 is 10.6 Å². The zero-order chi connectivity index (χ0) is 32.6. The number of nitrogens with one attached hydrogen (secondary N) is 2. The first-order valence-corrected chi connectivity index (χ1v) is 9.59. The second-order valence-electron chi connectivity index (χ2n) is 7.51. The van der Waals surface area contributed by atoms with E-state index >= 15 is 0 Å². The molecule has 0 unspecified atom stereocenters. The van der Waals surface area contributed by atoms with Gasteiger partial charge >= 0.3 is 60.2 Å². The average molecular weight is 644 g/mol. The van der Waals surface area contributed by atoms with Crippen LogP contribution in [0.15, 0.2) is 0 Å². The summed E-state index contributed by atoms with van der Waals surface area (Å²) in [6.07, 6.45) is -13.2. The summed E-state index contributed by atoms with van der Waals surface area (Å²) in [5.74, 6) is -64.6. The zero-order valence-electron chi connectivity index (χ0n) is 18.4. The van der Waals surface area contributed by atoms with Crippen LogP contribution in [0.5, 0.6) is 0 Å². The molecule has 24 heteroatoms. The third-order valence-corrected chi connectivity index (χ3v) is 4.71. The van der Waals surface area contributed by atoms with Crippen LogP contribution in [-0.2, 0) is 9.59 Å². The van der Waals surface area contributed by atoms with Crippen molar-refractivity contribution in [3.63, 3.8) is 0 Å². The minimum Gasteiger partial charge on any atom is -0.351 e. The Morgan fingerprint density at radius 3 is 0.875 bits per heavy atom. The number of carbonyl (C=O) groups is 2. The second kappa shape index (κ2) is 11.4. The number of amides is 2. The molecule has 40 heavy (non-hydrogen) atoms. The summed E-state index contributed by atoms with van der Waals surface area (Å²) in [5, 5.41) is 1.40. The molecule has 0 aromatic heterocycles. The number of halogens is 20. The highest BCUT2D eigenvalue weighted by Gasteiger charge is 2.85. The van der Waals surface area contributed by atoms with Gasteiger partial charge in [-0.1, -0.05) is 0 Å². The SMILES string of the molecule is O=C(NCCCCNC(=O)C(F)(F)C(F)(F)C(F)(F)C(F)(F)C(F)F)C(F)(F)C(F)(F)C(F)(F)C(F)(F)C(F)F. The minimum atomic E-state index is -7.51. The van der Waals surface area contributed by atoms with E-state index in [1.165, 1.54) is 0 Å². The number of unbranched alkanes of at least 4 members (excludes halogenated alkanes) is 1. The molecule has 0 aromatic rings. The molecule has 0 bridgehead atoms. The first-order chi connectivity index (χ1) is 17.4. The van der Waals surface area contributed by atoms with Crippen molar-refractivity contribution in [2.45, 2.75) is 73.1 Å². The minimum absolute atomic E-state index is 0.702. The molecule has 2 N–H and O–H groups in total. The van der Waals surface area contributed by atoms with Gasteiger partial charge in [0.2, 0.25) is 0 Å². The Hall–Kier alpha value is -2.46. The van der Waals surface area contributed by atoms with Crippen molar-refractivity contribution in [1.82, 2.24) is 10.6 Å². The number of hydrogen-bond acceptors (Lipinski definition) is 2. The molecule has 0 fully saturated rings. The lowest BCUT2D eigenvalue weighted by Gasteiger charge is -2.35. The first-order valence-electron chi connectivity index (χ1n) is 9.59. The molecule has 0 heterocycles. The lowest BCUT2D eigenvalue weighted by Crippen LogP contribution is -2.67. The summed E-state index contributed by atoms with van der Waals surface area (Å²) in [5.41, 5.74) is 0. The van der Waals surface area contributed by atoms with Crippen molar-refractivity contribution in [1.29, 1.82) is 0 Å². The fourth-order valence-electron chi connectivity index (χ4n) is 2.25. The maximum absolute atomic E-state index is 13.4. The van der Waals surface area contributed by atoms with Crippen LogP contribution in [0.25, 0.3) is 0 Å². The molecule has 238 valence electrons. The molecular formula is C16H12F20N2O2. The summed E-state index contributed by atoms with van der Waals surface area (Å²) in [7, 11) is 0. The highest BCUT2D eigenvalue weighted by molar-refractivity contribution is 5.85. The number of rotatable bonds is 15.